The van der Waals surface area contributed by atoms with Crippen LogP contribution in [0.5, 0.6) is 0 Å². The summed E-state index contributed by atoms with van der Waals surface area (Å²) in [6.45, 7) is 1.96. The molecule has 2 aromatic rings. The monoisotopic (exact) mass is 458 g/mol. The fraction of sp³-hybridized carbons (Fsp3) is 0.304. The number of nitrogens with one attached hydrogen (secondary N) is 1. The predicted molar refractivity (Wildman–Crippen MR) is 117 cm³/mol. The van der Waals surface area contributed by atoms with Crippen LogP contribution in [0.15, 0.2) is 42.5 Å². The summed E-state index contributed by atoms with van der Waals surface area (Å²) < 4.78 is 10.0. The Morgan fingerprint density at radius 3 is 2.44 bits per heavy atom. The van der Waals surface area contributed by atoms with Crippen LogP contribution < -0.4 is 5.32 Å². The third kappa shape index (κ3) is 5.33. The maximum absolute atomic E-state index is 12.6. The maximum Gasteiger partial charge on any atom is 0.338 e. The van der Waals surface area contributed by atoms with Crippen molar-refractivity contribution in [1.82, 2.24) is 10.2 Å². The summed E-state index contributed by atoms with van der Waals surface area (Å²) in [6, 6.07) is 10.9. The number of ether oxygens (including phenoxy) is 2. The van der Waals surface area contributed by atoms with Gasteiger partial charge in [-0.25, -0.2) is 4.79 Å². The maximum atomic E-state index is 12.6. The molecule has 1 heterocycles. The van der Waals surface area contributed by atoms with E-state index in [1.807, 2.05) is 0 Å². The first kappa shape index (κ1) is 23.4. The van der Waals surface area contributed by atoms with E-state index >= 15 is 0 Å². The van der Waals surface area contributed by atoms with Gasteiger partial charge in [0.25, 0.3) is 17.7 Å². The number of rotatable bonds is 9. The number of esters is 1. The van der Waals surface area contributed by atoms with Gasteiger partial charge in [-0.1, -0.05) is 23.7 Å². The summed E-state index contributed by atoms with van der Waals surface area (Å²) in [6.07, 6.45) is 0.514. The van der Waals surface area contributed by atoms with Gasteiger partial charge in [-0.05, 0) is 49.2 Å². The first-order valence-corrected chi connectivity index (χ1v) is 10.4. The number of methoxy groups -OCH3 is 1. The lowest BCUT2D eigenvalue weighted by Crippen LogP contribution is -2.31. The molecule has 0 fully saturated rings. The van der Waals surface area contributed by atoms with Gasteiger partial charge in [0.2, 0.25) is 0 Å². The molecule has 1 N–H and O–H groups in total. The molecule has 32 heavy (non-hydrogen) atoms. The first-order chi connectivity index (χ1) is 15.3. The van der Waals surface area contributed by atoms with Gasteiger partial charge >= 0.3 is 5.97 Å². The third-order valence-corrected chi connectivity index (χ3v) is 5.27. The lowest BCUT2D eigenvalue weighted by Gasteiger charge is -2.14. The summed E-state index contributed by atoms with van der Waals surface area (Å²) in [4.78, 5) is 50.6. The van der Waals surface area contributed by atoms with E-state index < -0.39 is 30.3 Å². The number of nitrogens with zero attached hydrogens (tertiary/aromatic N) is 1. The molecule has 9 heteroatoms. The summed E-state index contributed by atoms with van der Waals surface area (Å²) in [5, 5.41) is 3.32. The molecule has 0 radical (unpaired) electrons. The van der Waals surface area contributed by atoms with Crippen molar-refractivity contribution in [2.75, 3.05) is 26.9 Å². The van der Waals surface area contributed by atoms with Crippen molar-refractivity contribution in [2.24, 2.45) is 0 Å². The number of amides is 3. The number of carbonyl (C=O) groups excluding carboxylic acids is 4. The molecule has 0 spiro atoms. The van der Waals surface area contributed by atoms with Crippen molar-refractivity contribution in [1.29, 1.82) is 0 Å². The summed E-state index contributed by atoms with van der Waals surface area (Å²) in [7, 11) is 1.54. The van der Waals surface area contributed by atoms with Gasteiger partial charge in [-0.15, -0.1) is 0 Å². The summed E-state index contributed by atoms with van der Waals surface area (Å²) in [5.74, 6) is -2.11. The largest absolute Gasteiger partial charge is 0.452 e. The van der Waals surface area contributed by atoms with Gasteiger partial charge in [-0.2, -0.15) is 0 Å². The average molecular weight is 459 g/mol. The van der Waals surface area contributed by atoms with E-state index in [1.54, 1.807) is 38.3 Å². The fourth-order valence-corrected chi connectivity index (χ4v) is 3.45. The van der Waals surface area contributed by atoms with Gasteiger partial charge in [0.1, 0.15) is 0 Å². The smallest absolute Gasteiger partial charge is 0.338 e. The molecule has 1 aliphatic heterocycles. The zero-order valence-corrected chi connectivity index (χ0v) is 18.5. The molecule has 2 aromatic carbocycles. The normalized spacial score (nSPS) is 13.7. The third-order valence-electron chi connectivity index (χ3n) is 5.02. The number of halogens is 1. The number of fused-ring (bicyclic) bond motifs is 1. The van der Waals surface area contributed by atoms with Crippen LogP contribution >= 0.6 is 11.6 Å². The minimum Gasteiger partial charge on any atom is -0.452 e. The lowest BCUT2D eigenvalue weighted by atomic mass is 10.1. The van der Waals surface area contributed by atoms with Gasteiger partial charge < -0.3 is 14.8 Å². The first-order valence-electron chi connectivity index (χ1n) is 10.0. The van der Waals surface area contributed by atoms with E-state index in [4.69, 9.17) is 21.1 Å². The molecule has 1 aliphatic rings. The Morgan fingerprint density at radius 2 is 1.75 bits per heavy atom. The second-order valence-corrected chi connectivity index (χ2v) is 7.72. The van der Waals surface area contributed by atoms with Gasteiger partial charge in [-0.3, -0.25) is 19.3 Å². The van der Waals surface area contributed by atoms with Crippen LogP contribution in [0.4, 0.5) is 0 Å². The Kier molecular flexibility index (Phi) is 7.61. The minimum atomic E-state index is -0.764. The van der Waals surface area contributed by atoms with Crippen LogP contribution in [0.1, 0.15) is 56.0 Å². The second kappa shape index (κ2) is 10.4. The van der Waals surface area contributed by atoms with Gasteiger partial charge in [0, 0.05) is 25.3 Å². The van der Waals surface area contributed by atoms with Crippen LogP contribution in [-0.2, 0) is 14.3 Å². The molecule has 0 unspecified atom stereocenters. The standard InChI is InChI=1S/C23H23ClN2O6/c1-14(15-4-7-17(24)8-5-15)25-20(27)13-32-23(30)16-6-9-18-19(12-16)22(29)26(21(18)28)10-3-11-31-2/h4-9,12,14H,3,10-11,13H2,1-2H3,(H,25,27)/t14-/m0/s1. The SMILES string of the molecule is COCCCN1C(=O)c2ccc(C(=O)OCC(=O)N[C@@H](C)c3ccc(Cl)cc3)cc2C1=O. The van der Waals surface area contributed by atoms with E-state index in [0.717, 1.165) is 10.5 Å². The van der Waals surface area contributed by atoms with Crippen LogP contribution in [0.2, 0.25) is 5.02 Å². The van der Waals surface area contributed by atoms with E-state index in [1.165, 1.54) is 18.2 Å². The molecular weight excluding hydrogens is 436 g/mol. The second-order valence-electron chi connectivity index (χ2n) is 7.29. The lowest BCUT2D eigenvalue weighted by molar-refractivity contribution is -0.124. The number of hydrogen-bond donors (Lipinski definition) is 1. The van der Waals surface area contributed by atoms with E-state index in [-0.39, 0.29) is 29.3 Å². The highest BCUT2D eigenvalue weighted by atomic mass is 35.5. The number of carbonyl (C=O) groups is 4. The Hall–Kier alpha value is -3.23. The number of imide groups is 1. The van der Waals surface area contributed by atoms with Gasteiger partial charge in [0.05, 0.1) is 22.7 Å². The highest BCUT2D eigenvalue weighted by Gasteiger charge is 2.35. The highest BCUT2D eigenvalue weighted by molar-refractivity contribution is 6.30. The van der Waals surface area contributed by atoms with Crippen molar-refractivity contribution < 1.29 is 28.7 Å². The van der Waals surface area contributed by atoms with Crippen LogP contribution in [0.3, 0.4) is 0 Å². The van der Waals surface area contributed by atoms with Crippen molar-refractivity contribution in [2.45, 2.75) is 19.4 Å². The Balaban J connectivity index is 1.57. The Labute approximate surface area is 190 Å². The summed E-state index contributed by atoms with van der Waals surface area (Å²) in [5.41, 5.74) is 1.31. The van der Waals surface area contributed by atoms with Crippen molar-refractivity contribution in [3.8, 4) is 0 Å². The fourth-order valence-electron chi connectivity index (χ4n) is 3.32. The minimum absolute atomic E-state index is 0.0854. The molecule has 8 nitrogen and oxygen atoms in total. The molecule has 0 aliphatic carbocycles. The molecule has 0 aromatic heterocycles. The molecule has 3 amide bonds. The molecule has 0 saturated carbocycles. The molecule has 1 atom stereocenters. The van der Waals surface area contributed by atoms with E-state index in [2.05, 4.69) is 5.32 Å². The average Bonchev–Trinajstić information content (AvgIpc) is 3.02. The molecule has 3 rings (SSSR count). The van der Waals surface area contributed by atoms with Crippen LogP contribution in [-0.4, -0.2) is 55.5 Å². The molecule has 168 valence electrons. The predicted octanol–water partition coefficient (Wildman–Crippen LogP) is 3.01. The zero-order valence-electron chi connectivity index (χ0n) is 17.7. The summed E-state index contributed by atoms with van der Waals surface area (Å²) >= 11 is 5.86. The number of benzene rings is 2. The van der Waals surface area contributed by atoms with Crippen molar-refractivity contribution >= 4 is 35.3 Å². The molecular formula is C23H23ClN2O6. The van der Waals surface area contributed by atoms with E-state index in [9.17, 15) is 19.2 Å². The Bertz CT molecular complexity index is 1040. The van der Waals surface area contributed by atoms with Gasteiger partial charge in [0.15, 0.2) is 6.61 Å². The zero-order chi connectivity index (χ0) is 23.3. The molecule has 0 bridgehead atoms. The topological polar surface area (TPSA) is 102 Å². The Morgan fingerprint density at radius 1 is 1.06 bits per heavy atom. The highest BCUT2D eigenvalue weighted by Crippen LogP contribution is 2.24. The van der Waals surface area contributed by atoms with Crippen LogP contribution in [0.25, 0.3) is 0 Å². The molecule has 0 saturated heterocycles. The van der Waals surface area contributed by atoms with Crippen molar-refractivity contribution in [3.05, 3.63) is 69.7 Å². The quantitative estimate of drug-likeness (QED) is 0.352. The van der Waals surface area contributed by atoms with Crippen LogP contribution in [0, 0.1) is 0 Å². The van der Waals surface area contributed by atoms with E-state index in [0.29, 0.717) is 18.1 Å². The number of hydrogen-bond acceptors (Lipinski definition) is 6. The van der Waals surface area contributed by atoms with Crippen molar-refractivity contribution in [3.63, 3.8) is 0 Å².